The van der Waals surface area contributed by atoms with Crippen LogP contribution in [0.25, 0.3) is 0 Å². The molecule has 0 aliphatic heterocycles. The highest BCUT2D eigenvalue weighted by atomic mass is 19.1. The van der Waals surface area contributed by atoms with Crippen LogP contribution in [0.15, 0.2) is 18.2 Å². The minimum atomic E-state index is -0.396. The molecule has 0 aliphatic carbocycles. The van der Waals surface area contributed by atoms with E-state index in [2.05, 4.69) is 5.73 Å². The predicted octanol–water partition coefficient (Wildman–Crippen LogP) is 0.269. The van der Waals surface area contributed by atoms with Crippen LogP contribution < -0.4 is 5.73 Å². The van der Waals surface area contributed by atoms with Gasteiger partial charge in [-0.25, -0.2) is 4.39 Å². The zero-order chi connectivity index (χ0) is 10.7. The smallest absolute Gasteiger partial charge is 0.253 e. The minimum absolute atomic E-state index is 0.192. The third-order valence-electron chi connectivity index (χ3n) is 1.98. The Balaban J connectivity index is 3.17. The number of hydrogen-bond donors (Lipinski definition) is 1. The molecule has 1 aromatic rings. The molecule has 1 aromatic carbocycles. The Hall–Kier alpha value is -1.42. The maximum Gasteiger partial charge on any atom is 0.253 e. The molecule has 76 valence electrons. The van der Waals surface area contributed by atoms with Gasteiger partial charge < -0.3 is 10.6 Å². The number of quaternary nitrogens is 1. The van der Waals surface area contributed by atoms with Crippen molar-refractivity contribution >= 4 is 5.91 Å². The van der Waals surface area contributed by atoms with Crippen molar-refractivity contribution in [2.45, 2.75) is 6.54 Å². The van der Waals surface area contributed by atoms with E-state index in [1.54, 1.807) is 20.2 Å². The lowest BCUT2D eigenvalue weighted by atomic mass is 10.1. The van der Waals surface area contributed by atoms with E-state index < -0.39 is 5.82 Å². The van der Waals surface area contributed by atoms with Crippen LogP contribution in [0.5, 0.6) is 0 Å². The Morgan fingerprint density at radius 3 is 2.64 bits per heavy atom. The minimum Gasteiger partial charge on any atom is -0.354 e. The zero-order valence-corrected chi connectivity index (χ0v) is 8.38. The largest absolute Gasteiger partial charge is 0.354 e. The van der Waals surface area contributed by atoms with Crippen LogP contribution in [-0.2, 0) is 6.54 Å². The maximum absolute atomic E-state index is 12.9. The van der Waals surface area contributed by atoms with Crippen molar-refractivity contribution in [1.29, 1.82) is 0 Å². The van der Waals surface area contributed by atoms with Gasteiger partial charge >= 0.3 is 0 Å². The summed E-state index contributed by atoms with van der Waals surface area (Å²) >= 11 is 0. The van der Waals surface area contributed by atoms with Crippen molar-refractivity contribution < 1.29 is 14.9 Å². The van der Waals surface area contributed by atoms with E-state index in [9.17, 15) is 9.18 Å². The summed E-state index contributed by atoms with van der Waals surface area (Å²) in [4.78, 5) is 13.0. The molecule has 0 aromatic heterocycles. The van der Waals surface area contributed by atoms with Gasteiger partial charge in [-0.2, -0.15) is 0 Å². The van der Waals surface area contributed by atoms with Gasteiger partial charge in [0.1, 0.15) is 12.4 Å². The van der Waals surface area contributed by atoms with Crippen LogP contribution in [0, 0.1) is 5.82 Å². The maximum atomic E-state index is 12.9. The number of carbonyl (C=O) groups excluding carboxylic acids is 1. The van der Waals surface area contributed by atoms with Crippen molar-refractivity contribution in [3.8, 4) is 0 Å². The van der Waals surface area contributed by atoms with Gasteiger partial charge in [-0.1, -0.05) is 0 Å². The fourth-order valence-electron chi connectivity index (χ4n) is 1.21. The molecule has 0 radical (unpaired) electrons. The van der Waals surface area contributed by atoms with E-state index >= 15 is 0 Å². The predicted molar refractivity (Wildman–Crippen MR) is 51.0 cm³/mol. The second-order valence-corrected chi connectivity index (χ2v) is 3.25. The molecule has 1 rings (SSSR count). The van der Waals surface area contributed by atoms with Crippen LogP contribution in [0.4, 0.5) is 4.39 Å². The van der Waals surface area contributed by atoms with Gasteiger partial charge in [-0.05, 0) is 18.2 Å². The van der Waals surface area contributed by atoms with Crippen molar-refractivity contribution in [3.05, 3.63) is 35.1 Å². The average molecular weight is 197 g/mol. The Labute approximate surface area is 82.3 Å². The number of hydrogen-bond acceptors (Lipinski definition) is 1. The van der Waals surface area contributed by atoms with E-state index in [-0.39, 0.29) is 5.91 Å². The number of amides is 1. The molecule has 0 heterocycles. The summed E-state index contributed by atoms with van der Waals surface area (Å²) in [5.41, 5.74) is 4.86. The first-order valence-electron chi connectivity index (χ1n) is 4.35. The third-order valence-corrected chi connectivity index (χ3v) is 1.98. The molecule has 0 bridgehead atoms. The van der Waals surface area contributed by atoms with E-state index in [4.69, 9.17) is 0 Å². The molecule has 14 heavy (non-hydrogen) atoms. The Kier molecular flexibility index (Phi) is 3.19. The van der Waals surface area contributed by atoms with E-state index in [0.717, 1.165) is 5.56 Å². The third kappa shape index (κ3) is 2.09. The van der Waals surface area contributed by atoms with Crippen LogP contribution in [-0.4, -0.2) is 24.9 Å². The lowest BCUT2D eigenvalue weighted by molar-refractivity contribution is -0.386. The molecule has 0 saturated carbocycles. The molecule has 1 amide bonds. The van der Waals surface area contributed by atoms with Crippen molar-refractivity contribution in [2.24, 2.45) is 0 Å². The molecular weight excluding hydrogens is 183 g/mol. The normalized spacial score (nSPS) is 10.0. The van der Waals surface area contributed by atoms with E-state index in [0.29, 0.717) is 12.1 Å². The average Bonchev–Trinajstić information content (AvgIpc) is 2.16. The van der Waals surface area contributed by atoms with Crippen LogP contribution in [0.2, 0.25) is 0 Å². The molecule has 3 N–H and O–H groups in total. The van der Waals surface area contributed by atoms with E-state index in [1.807, 2.05) is 0 Å². The monoisotopic (exact) mass is 197 g/mol. The Bertz CT molecular complexity index is 350. The second kappa shape index (κ2) is 4.19. The fourth-order valence-corrected chi connectivity index (χ4v) is 1.21. The number of nitrogens with zero attached hydrogens (tertiary/aromatic N) is 1. The summed E-state index contributed by atoms with van der Waals surface area (Å²) in [6.45, 7) is 0.481. The Morgan fingerprint density at radius 1 is 1.50 bits per heavy atom. The van der Waals surface area contributed by atoms with Gasteiger partial charge in [-0.15, -0.1) is 0 Å². The summed E-state index contributed by atoms with van der Waals surface area (Å²) in [6.07, 6.45) is 0. The molecule has 4 heteroatoms. The quantitative estimate of drug-likeness (QED) is 0.726. The molecule has 0 aliphatic rings. The molecule has 0 saturated heterocycles. The number of benzene rings is 1. The highest BCUT2D eigenvalue weighted by molar-refractivity contribution is 5.95. The number of rotatable bonds is 2. The summed E-state index contributed by atoms with van der Waals surface area (Å²) in [5.74, 6) is -0.587. The van der Waals surface area contributed by atoms with Crippen LogP contribution >= 0.6 is 0 Å². The second-order valence-electron chi connectivity index (χ2n) is 3.25. The molecule has 0 atom stereocenters. The van der Waals surface area contributed by atoms with Gasteiger partial charge in [0.15, 0.2) is 0 Å². The van der Waals surface area contributed by atoms with Crippen molar-refractivity contribution in [3.63, 3.8) is 0 Å². The van der Waals surface area contributed by atoms with Crippen LogP contribution in [0.3, 0.4) is 0 Å². The lowest BCUT2D eigenvalue weighted by Crippen LogP contribution is -2.48. The first-order valence-corrected chi connectivity index (χ1v) is 4.35. The standard InChI is InChI=1S/C10H13FN2O/c1-13(2)10(14)9-5-8(11)4-3-7(9)6-12/h3-5H,6,12H2,1-2H3/p+1. The summed E-state index contributed by atoms with van der Waals surface area (Å²) in [6, 6.07) is 4.19. The summed E-state index contributed by atoms with van der Waals surface area (Å²) in [5, 5.41) is 0. The fraction of sp³-hybridized carbons (Fsp3) is 0.300. The number of carbonyl (C=O) groups is 1. The molecule has 0 fully saturated rings. The van der Waals surface area contributed by atoms with Gasteiger partial charge in [0.25, 0.3) is 5.91 Å². The number of halogens is 1. The van der Waals surface area contributed by atoms with Crippen molar-refractivity contribution in [1.82, 2.24) is 4.90 Å². The van der Waals surface area contributed by atoms with Gasteiger partial charge in [-0.3, -0.25) is 4.79 Å². The first kappa shape index (κ1) is 10.7. The molecule has 3 nitrogen and oxygen atoms in total. The zero-order valence-electron chi connectivity index (χ0n) is 8.38. The van der Waals surface area contributed by atoms with Crippen molar-refractivity contribution in [2.75, 3.05) is 14.1 Å². The molecule has 0 spiro atoms. The molecule has 0 unspecified atom stereocenters. The first-order chi connectivity index (χ1) is 6.56. The SMILES string of the molecule is CN(C)C(=O)c1cc(F)ccc1C[NH3+]. The lowest BCUT2D eigenvalue weighted by Gasteiger charge is -2.12. The van der Waals surface area contributed by atoms with Crippen LogP contribution in [0.1, 0.15) is 15.9 Å². The summed E-state index contributed by atoms with van der Waals surface area (Å²) in [7, 11) is 3.28. The van der Waals surface area contributed by atoms with Gasteiger partial charge in [0, 0.05) is 19.7 Å². The Morgan fingerprint density at radius 2 is 2.14 bits per heavy atom. The topological polar surface area (TPSA) is 48.0 Å². The highest BCUT2D eigenvalue weighted by Gasteiger charge is 2.14. The summed E-state index contributed by atoms with van der Waals surface area (Å²) < 4.78 is 12.9. The van der Waals surface area contributed by atoms with Gasteiger partial charge in [0.05, 0.1) is 5.56 Å². The van der Waals surface area contributed by atoms with Gasteiger partial charge in [0.2, 0.25) is 0 Å². The molecular formula is C10H14FN2O+. The van der Waals surface area contributed by atoms with E-state index in [1.165, 1.54) is 17.0 Å². The highest BCUT2D eigenvalue weighted by Crippen LogP contribution is 2.12.